The zero-order valence-electron chi connectivity index (χ0n) is 33.5. The van der Waals surface area contributed by atoms with Gasteiger partial charge in [0, 0.05) is 50.9 Å². The first-order valence-electron chi connectivity index (χ1n) is 18.3. The SMILES string of the molecule is C/C=S(/CC(CO)(CO)CO)c1ccc(Nc2cc(Oc3ccc(NC(=O)Nc4cc(C(C)(C)C)cc(NS(C)(=O)=O)c4OC)c4ccccc34)ccn2)cc1OC. The molecule has 4 aromatic carbocycles. The van der Waals surface area contributed by atoms with E-state index in [-0.39, 0.29) is 42.4 Å². The molecule has 7 N–H and O–H groups in total. The molecule has 1 atom stereocenters. The molecule has 0 aliphatic heterocycles. The van der Waals surface area contributed by atoms with Crippen LogP contribution in [0, 0.1) is 5.41 Å². The number of carbonyl (C=O) groups is 1. The van der Waals surface area contributed by atoms with Gasteiger partial charge in [-0.1, -0.05) is 50.4 Å². The third-order valence-corrected chi connectivity index (χ3v) is 12.3. The highest BCUT2D eigenvalue weighted by atomic mass is 32.2. The number of amides is 2. The summed E-state index contributed by atoms with van der Waals surface area (Å²) in [4.78, 5) is 18.9. The number of benzene rings is 4. The molecule has 0 saturated carbocycles. The zero-order valence-corrected chi connectivity index (χ0v) is 35.2. The molecule has 0 fully saturated rings. The van der Waals surface area contributed by atoms with Crippen molar-refractivity contribution in [3.8, 4) is 23.0 Å². The van der Waals surface area contributed by atoms with Gasteiger partial charge in [0.1, 0.15) is 23.1 Å². The molecule has 0 radical (unpaired) electrons. The van der Waals surface area contributed by atoms with Crippen LogP contribution in [0.15, 0.2) is 90.0 Å². The Labute approximate surface area is 341 Å². The van der Waals surface area contributed by atoms with E-state index in [4.69, 9.17) is 14.2 Å². The summed E-state index contributed by atoms with van der Waals surface area (Å²) < 4.78 is 44.5. The monoisotopic (exact) mass is 833 g/mol. The number of sulfonamides is 1. The number of aliphatic hydroxyl groups excluding tert-OH is 3. The second-order valence-electron chi connectivity index (χ2n) is 14.7. The minimum atomic E-state index is -3.65. The number of aromatic nitrogens is 1. The van der Waals surface area contributed by atoms with E-state index in [2.05, 4.69) is 25.7 Å². The second kappa shape index (κ2) is 18.5. The number of urea groups is 1. The van der Waals surface area contributed by atoms with Crippen LogP contribution in [0.2, 0.25) is 0 Å². The third kappa shape index (κ3) is 10.6. The maximum Gasteiger partial charge on any atom is 0.323 e. The van der Waals surface area contributed by atoms with Crippen LogP contribution in [0.1, 0.15) is 33.3 Å². The summed E-state index contributed by atoms with van der Waals surface area (Å²) in [7, 11) is -1.22. The van der Waals surface area contributed by atoms with Crippen LogP contribution in [0.25, 0.3) is 10.8 Å². The van der Waals surface area contributed by atoms with Crippen molar-refractivity contribution in [2.45, 2.75) is 38.0 Å². The zero-order chi connectivity index (χ0) is 42.3. The van der Waals surface area contributed by atoms with Crippen molar-refractivity contribution < 1.29 is 42.7 Å². The molecule has 5 aromatic rings. The van der Waals surface area contributed by atoms with Crippen molar-refractivity contribution >= 4 is 71.2 Å². The second-order valence-corrected chi connectivity index (χ2v) is 18.5. The summed E-state index contributed by atoms with van der Waals surface area (Å²) in [5.74, 6) is 2.66. The van der Waals surface area contributed by atoms with Crippen molar-refractivity contribution in [3.05, 3.63) is 90.6 Å². The summed E-state index contributed by atoms with van der Waals surface area (Å²) in [5.41, 5.74) is 1.07. The Bertz CT molecular complexity index is 2400. The summed E-state index contributed by atoms with van der Waals surface area (Å²) in [5, 5.41) is 42.2. The number of nitrogens with one attached hydrogen (secondary N) is 4. The highest BCUT2D eigenvalue weighted by molar-refractivity contribution is 8.15. The van der Waals surface area contributed by atoms with Crippen LogP contribution in [-0.2, 0) is 15.4 Å². The quantitative estimate of drug-likeness (QED) is 0.0485. The van der Waals surface area contributed by atoms with E-state index in [9.17, 15) is 28.5 Å². The van der Waals surface area contributed by atoms with Gasteiger partial charge in [-0.05, 0) is 60.4 Å². The first-order valence-corrected chi connectivity index (χ1v) is 21.6. The molecule has 58 heavy (non-hydrogen) atoms. The number of hydrogen-bond donors (Lipinski definition) is 7. The molecule has 1 aromatic heterocycles. The predicted octanol–water partition coefficient (Wildman–Crippen LogP) is 7.51. The number of anilines is 5. The molecule has 0 aliphatic carbocycles. The Morgan fingerprint density at radius 3 is 2.12 bits per heavy atom. The summed E-state index contributed by atoms with van der Waals surface area (Å²) in [6, 6.07) is 23.0. The molecule has 0 spiro atoms. The molecule has 16 heteroatoms. The number of carbonyl (C=O) groups excluding carboxylic acids is 1. The van der Waals surface area contributed by atoms with Crippen LogP contribution in [0.4, 0.5) is 33.4 Å². The van der Waals surface area contributed by atoms with Gasteiger partial charge in [0.25, 0.3) is 0 Å². The van der Waals surface area contributed by atoms with Gasteiger partial charge >= 0.3 is 6.03 Å². The predicted molar refractivity (Wildman–Crippen MR) is 233 cm³/mol. The molecule has 5 rings (SSSR count). The number of ether oxygens (including phenoxy) is 3. The van der Waals surface area contributed by atoms with E-state index in [0.717, 1.165) is 22.1 Å². The van der Waals surface area contributed by atoms with E-state index in [1.807, 2.05) is 75.5 Å². The fourth-order valence-corrected chi connectivity index (χ4v) is 8.78. The molecule has 2 amide bonds. The number of pyridine rings is 1. The van der Waals surface area contributed by atoms with E-state index >= 15 is 0 Å². The van der Waals surface area contributed by atoms with Gasteiger partial charge in [0.2, 0.25) is 10.0 Å². The molecule has 14 nitrogen and oxygen atoms in total. The normalized spacial score (nSPS) is 12.5. The summed E-state index contributed by atoms with van der Waals surface area (Å²) >= 11 is 0. The van der Waals surface area contributed by atoms with Crippen molar-refractivity contribution in [1.82, 2.24) is 4.98 Å². The molecule has 0 aliphatic rings. The van der Waals surface area contributed by atoms with E-state index in [1.165, 1.54) is 7.11 Å². The van der Waals surface area contributed by atoms with E-state index in [0.29, 0.717) is 45.6 Å². The van der Waals surface area contributed by atoms with Gasteiger partial charge in [-0.3, -0.25) is 4.72 Å². The number of hydrogen-bond acceptors (Lipinski definition) is 11. The highest BCUT2D eigenvalue weighted by Crippen LogP contribution is 2.42. The molecule has 310 valence electrons. The van der Waals surface area contributed by atoms with Crippen LogP contribution in [0.3, 0.4) is 0 Å². The first-order chi connectivity index (χ1) is 27.5. The Kier molecular flexibility index (Phi) is 13.9. The lowest BCUT2D eigenvalue weighted by Gasteiger charge is -2.29. The van der Waals surface area contributed by atoms with Crippen molar-refractivity contribution in [3.63, 3.8) is 0 Å². The van der Waals surface area contributed by atoms with Crippen molar-refractivity contribution in [2.24, 2.45) is 5.41 Å². The topological polar surface area (TPSA) is 201 Å². The minimum Gasteiger partial charge on any atom is -0.496 e. The van der Waals surface area contributed by atoms with Gasteiger partial charge in [-0.25, -0.2) is 18.2 Å². The van der Waals surface area contributed by atoms with Crippen LogP contribution in [-0.4, -0.2) is 86.2 Å². The first kappa shape index (κ1) is 43.7. The lowest BCUT2D eigenvalue weighted by molar-refractivity contribution is 0.0237. The Hall–Kier alpha value is -5.39. The smallest absolute Gasteiger partial charge is 0.323 e. The average Bonchev–Trinajstić information content (AvgIpc) is 3.19. The molecule has 1 heterocycles. The number of nitrogens with zero attached hydrogens (tertiary/aromatic N) is 1. The van der Waals surface area contributed by atoms with Gasteiger partial charge in [0.15, 0.2) is 5.75 Å². The third-order valence-electron chi connectivity index (χ3n) is 9.27. The Morgan fingerprint density at radius 1 is 0.828 bits per heavy atom. The number of methoxy groups -OCH3 is 2. The van der Waals surface area contributed by atoms with E-state index in [1.54, 1.807) is 49.7 Å². The van der Waals surface area contributed by atoms with Crippen LogP contribution < -0.4 is 34.9 Å². The Morgan fingerprint density at radius 2 is 1.50 bits per heavy atom. The number of aliphatic hydroxyl groups is 3. The largest absolute Gasteiger partial charge is 0.496 e. The summed E-state index contributed by atoms with van der Waals surface area (Å²) in [6.07, 6.45) is 2.67. The van der Waals surface area contributed by atoms with Gasteiger partial charge in [0.05, 0.1) is 57.4 Å². The average molecular weight is 834 g/mol. The van der Waals surface area contributed by atoms with Crippen molar-refractivity contribution in [1.29, 1.82) is 0 Å². The standard InChI is InChI=1S/C42H51N5O9S2/c1-8-57(26-42(23-48,24-49)25-50)37-16-13-28(21-36(37)54-5)44-38-22-29(17-18-43-38)56-35-15-14-32(30-11-9-10-12-31(30)35)45-40(51)46-33-19-27(41(2,3)4)20-34(39(33)55-6)47-58(7,52)53/h8-22,47-50H,23-26H2,1-7H3,(H,43,44)(H2,45,46,51). The van der Waals surface area contributed by atoms with Gasteiger partial charge < -0.3 is 45.5 Å². The molecule has 1 unspecified atom stereocenters. The Balaban J connectivity index is 1.36. The van der Waals surface area contributed by atoms with Crippen molar-refractivity contribution in [2.75, 3.05) is 66.7 Å². The van der Waals surface area contributed by atoms with E-state index < -0.39 is 32.0 Å². The maximum absolute atomic E-state index is 13.5. The lowest BCUT2D eigenvalue weighted by atomic mass is 9.86. The van der Waals surface area contributed by atoms with Gasteiger partial charge in [-0.2, -0.15) is 10.5 Å². The maximum atomic E-state index is 13.5. The number of rotatable bonds is 16. The molecule has 0 bridgehead atoms. The molecular formula is C42H51N5O9S2. The highest BCUT2D eigenvalue weighted by Gasteiger charge is 2.30. The van der Waals surface area contributed by atoms with Crippen LogP contribution in [0.5, 0.6) is 23.0 Å². The van der Waals surface area contributed by atoms with Crippen LogP contribution >= 0.6 is 10.5 Å². The lowest BCUT2D eigenvalue weighted by Crippen LogP contribution is -2.37. The minimum absolute atomic E-state index is 0.163. The van der Waals surface area contributed by atoms with Gasteiger partial charge in [-0.15, -0.1) is 0 Å². The fraction of sp³-hybridized carbons (Fsp3) is 0.310. The summed E-state index contributed by atoms with van der Waals surface area (Å²) in [6.45, 7) is 6.78. The fourth-order valence-electron chi connectivity index (χ4n) is 6.08. The molecule has 0 saturated heterocycles. The number of fused-ring (bicyclic) bond motifs is 1. The molecular weight excluding hydrogens is 783 g/mol.